The van der Waals surface area contributed by atoms with E-state index >= 15 is 0 Å². The molecular formula is C26H29N3OS. The SMILES string of the molecule is CCCCc1ccc(C2C(C#N)=C(N)N(c3ccccc3CC)C3=C2C(=O)CCC3)s1. The second kappa shape index (κ2) is 9.11. The van der Waals surface area contributed by atoms with E-state index in [0.29, 0.717) is 17.8 Å². The van der Waals surface area contributed by atoms with Gasteiger partial charge in [0.1, 0.15) is 5.82 Å². The highest BCUT2D eigenvalue weighted by Gasteiger charge is 2.41. The summed E-state index contributed by atoms with van der Waals surface area (Å²) in [6, 6.07) is 14.8. The predicted octanol–water partition coefficient (Wildman–Crippen LogP) is 5.96. The molecule has 0 saturated carbocycles. The van der Waals surface area contributed by atoms with Crippen molar-refractivity contribution in [3.8, 4) is 6.07 Å². The highest BCUT2D eigenvalue weighted by atomic mass is 32.1. The molecule has 4 rings (SSSR count). The second-order valence-corrected chi connectivity index (χ2v) is 9.41. The number of thiophene rings is 1. The van der Waals surface area contributed by atoms with Crippen molar-refractivity contribution in [1.29, 1.82) is 5.26 Å². The lowest BCUT2D eigenvalue weighted by molar-refractivity contribution is -0.116. The number of ketones is 1. The monoisotopic (exact) mass is 431 g/mol. The number of anilines is 1. The van der Waals surface area contributed by atoms with Crippen molar-refractivity contribution in [3.05, 3.63) is 74.4 Å². The van der Waals surface area contributed by atoms with Gasteiger partial charge in [0.05, 0.1) is 23.2 Å². The van der Waals surface area contributed by atoms with Crippen molar-refractivity contribution >= 4 is 22.8 Å². The number of benzene rings is 1. The molecule has 1 atom stereocenters. The molecule has 1 aliphatic carbocycles. The van der Waals surface area contributed by atoms with Gasteiger partial charge in [0.25, 0.3) is 0 Å². The highest BCUT2D eigenvalue weighted by molar-refractivity contribution is 7.12. The van der Waals surface area contributed by atoms with E-state index in [1.165, 1.54) is 4.88 Å². The number of allylic oxidation sites excluding steroid dienone is 3. The Hall–Kier alpha value is -2.84. The van der Waals surface area contributed by atoms with Gasteiger partial charge in [0.15, 0.2) is 5.78 Å². The van der Waals surface area contributed by atoms with Crippen LogP contribution in [0.15, 0.2) is 59.1 Å². The van der Waals surface area contributed by atoms with Crippen molar-refractivity contribution < 1.29 is 4.79 Å². The number of nitriles is 1. The van der Waals surface area contributed by atoms with E-state index in [9.17, 15) is 10.1 Å². The summed E-state index contributed by atoms with van der Waals surface area (Å²) < 4.78 is 0. The van der Waals surface area contributed by atoms with Gasteiger partial charge in [-0.25, -0.2) is 0 Å². The molecule has 0 radical (unpaired) electrons. The summed E-state index contributed by atoms with van der Waals surface area (Å²) in [5, 5.41) is 10.2. The van der Waals surface area contributed by atoms with Crippen molar-refractivity contribution in [2.45, 2.75) is 64.7 Å². The number of carbonyl (C=O) groups excluding carboxylic acids is 1. The Kier molecular flexibility index (Phi) is 6.29. The van der Waals surface area contributed by atoms with Gasteiger partial charge in [-0.15, -0.1) is 11.3 Å². The number of nitrogens with two attached hydrogens (primary N) is 1. The Labute approximate surface area is 188 Å². The molecule has 1 unspecified atom stereocenters. The van der Waals surface area contributed by atoms with E-state index < -0.39 is 0 Å². The summed E-state index contributed by atoms with van der Waals surface area (Å²) in [6.07, 6.45) is 6.32. The minimum Gasteiger partial charge on any atom is -0.384 e. The van der Waals surface area contributed by atoms with Gasteiger partial charge in [0, 0.05) is 27.4 Å². The number of hydrogen-bond donors (Lipinski definition) is 1. The average molecular weight is 432 g/mol. The first-order chi connectivity index (χ1) is 15.1. The van der Waals surface area contributed by atoms with Crippen LogP contribution in [0.4, 0.5) is 5.69 Å². The molecule has 0 bridgehead atoms. The molecule has 2 aliphatic rings. The Morgan fingerprint density at radius 3 is 2.74 bits per heavy atom. The molecule has 0 fully saturated rings. The fourth-order valence-electron chi connectivity index (χ4n) is 4.71. The number of unbranched alkanes of at least 4 members (excludes halogenated alkanes) is 1. The first-order valence-electron chi connectivity index (χ1n) is 11.2. The van der Waals surface area contributed by atoms with Gasteiger partial charge in [-0.3, -0.25) is 9.69 Å². The van der Waals surface area contributed by atoms with Gasteiger partial charge in [-0.05, 0) is 55.9 Å². The Morgan fingerprint density at radius 2 is 2.00 bits per heavy atom. The first kappa shape index (κ1) is 21.4. The number of aryl methyl sites for hydroxylation is 2. The van der Waals surface area contributed by atoms with Crippen molar-refractivity contribution in [3.63, 3.8) is 0 Å². The third kappa shape index (κ3) is 3.81. The summed E-state index contributed by atoms with van der Waals surface area (Å²) in [4.78, 5) is 17.6. The zero-order valence-electron chi connectivity index (χ0n) is 18.3. The third-order valence-electron chi connectivity index (χ3n) is 6.27. The highest BCUT2D eigenvalue weighted by Crippen LogP contribution is 2.48. The largest absolute Gasteiger partial charge is 0.384 e. The molecule has 160 valence electrons. The standard InChI is InChI=1S/C26H29N3OS/c1-3-5-10-18-14-15-23(31-18)24-19(16-27)26(28)29(20-11-7-6-9-17(20)4-2)21-12-8-13-22(30)25(21)24/h6-7,9,11,14-15,24H,3-5,8,10,12-13,28H2,1-2H3. The van der Waals surface area contributed by atoms with E-state index in [0.717, 1.165) is 65.9 Å². The molecule has 2 heterocycles. The van der Waals surface area contributed by atoms with Crippen LogP contribution in [0.3, 0.4) is 0 Å². The van der Waals surface area contributed by atoms with Gasteiger partial charge in [-0.2, -0.15) is 5.26 Å². The Bertz CT molecular complexity index is 1100. The van der Waals surface area contributed by atoms with Crippen LogP contribution in [0.5, 0.6) is 0 Å². The molecule has 0 saturated heterocycles. The molecule has 0 amide bonds. The van der Waals surface area contributed by atoms with Crippen LogP contribution < -0.4 is 10.6 Å². The molecule has 1 aromatic heterocycles. The molecule has 4 nitrogen and oxygen atoms in total. The number of Topliss-reactive ketones (excluding diaryl/α,β-unsaturated/α-hetero) is 1. The van der Waals surface area contributed by atoms with E-state index in [1.807, 2.05) is 23.1 Å². The van der Waals surface area contributed by atoms with Gasteiger partial charge in [0.2, 0.25) is 0 Å². The van der Waals surface area contributed by atoms with Crippen LogP contribution in [0, 0.1) is 11.3 Å². The van der Waals surface area contributed by atoms with Crippen LogP contribution in [0.2, 0.25) is 0 Å². The van der Waals surface area contributed by atoms with E-state index in [4.69, 9.17) is 5.73 Å². The number of nitrogens with zero attached hydrogens (tertiary/aromatic N) is 2. The van der Waals surface area contributed by atoms with E-state index in [-0.39, 0.29) is 11.7 Å². The average Bonchev–Trinajstić information content (AvgIpc) is 3.25. The molecule has 5 heteroatoms. The number of carbonyl (C=O) groups is 1. The third-order valence-corrected chi connectivity index (χ3v) is 7.48. The van der Waals surface area contributed by atoms with Crippen molar-refractivity contribution in [2.75, 3.05) is 4.90 Å². The summed E-state index contributed by atoms with van der Waals surface area (Å²) in [6.45, 7) is 4.30. The smallest absolute Gasteiger partial charge is 0.161 e. The fourth-order valence-corrected chi connectivity index (χ4v) is 5.88. The van der Waals surface area contributed by atoms with E-state index in [2.05, 4.69) is 38.1 Å². The number of para-hydroxylation sites is 1. The zero-order valence-corrected chi connectivity index (χ0v) is 19.1. The maximum absolute atomic E-state index is 13.2. The van der Waals surface area contributed by atoms with Crippen molar-refractivity contribution in [1.82, 2.24) is 0 Å². The second-order valence-electron chi connectivity index (χ2n) is 8.21. The molecule has 2 aromatic rings. The lowest BCUT2D eigenvalue weighted by Gasteiger charge is -2.40. The molecular weight excluding hydrogens is 402 g/mol. The normalized spacial score (nSPS) is 18.9. The minimum absolute atomic E-state index is 0.147. The molecule has 2 N–H and O–H groups in total. The van der Waals surface area contributed by atoms with Crippen LogP contribution >= 0.6 is 11.3 Å². The van der Waals surface area contributed by atoms with Crippen LogP contribution in [0.1, 0.15) is 67.2 Å². The Morgan fingerprint density at radius 1 is 1.19 bits per heavy atom. The number of rotatable bonds is 6. The van der Waals surface area contributed by atoms with Gasteiger partial charge in [-0.1, -0.05) is 38.5 Å². The van der Waals surface area contributed by atoms with Crippen LogP contribution in [-0.4, -0.2) is 5.78 Å². The fraction of sp³-hybridized carbons (Fsp3) is 0.385. The number of hydrogen-bond acceptors (Lipinski definition) is 5. The maximum Gasteiger partial charge on any atom is 0.161 e. The minimum atomic E-state index is -0.349. The topological polar surface area (TPSA) is 70.1 Å². The van der Waals surface area contributed by atoms with E-state index in [1.54, 1.807) is 11.3 Å². The predicted molar refractivity (Wildman–Crippen MR) is 127 cm³/mol. The lowest BCUT2D eigenvalue weighted by Crippen LogP contribution is -2.39. The Balaban J connectivity index is 1.89. The summed E-state index contributed by atoms with van der Waals surface area (Å²) in [5.41, 5.74) is 11.1. The molecule has 0 spiro atoms. The lowest BCUT2D eigenvalue weighted by atomic mass is 9.78. The van der Waals surface area contributed by atoms with Crippen LogP contribution in [0.25, 0.3) is 0 Å². The van der Waals surface area contributed by atoms with Crippen molar-refractivity contribution in [2.24, 2.45) is 5.73 Å². The molecule has 31 heavy (non-hydrogen) atoms. The van der Waals surface area contributed by atoms with Gasteiger partial charge >= 0.3 is 0 Å². The first-order valence-corrected chi connectivity index (χ1v) is 12.0. The zero-order chi connectivity index (χ0) is 22.0. The summed E-state index contributed by atoms with van der Waals surface area (Å²) in [5.74, 6) is 0.262. The van der Waals surface area contributed by atoms with Crippen LogP contribution in [-0.2, 0) is 17.6 Å². The quantitative estimate of drug-likeness (QED) is 0.613. The summed E-state index contributed by atoms with van der Waals surface area (Å²) >= 11 is 1.72. The molecule has 1 aromatic carbocycles. The maximum atomic E-state index is 13.2. The summed E-state index contributed by atoms with van der Waals surface area (Å²) in [7, 11) is 0. The molecule has 1 aliphatic heterocycles. The van der Waals surface area contributed by atoms with Gasteiger partial charge < -0.3 is 5.73 Å².